The van der Waals surface area contributed by atoms with E-state index in [4.69, 9.17) is 10.5 Å². The standard InChI is InChI=1S/C12H22N4O2/c1-9-10(13)11(16(2)15-9)12(17)14-7-5-4-6-8-18-3/h4-8,13H2,1-3H3,(H,14,17). The maximum absolute atomic E-state index is 11.9. The van der Waals surface area contributed by atoms with Crippen LogP contribution in [0.4, 0.5) is 5.69 Å². The van der Waals surface area contributed by atoms with Crippen molar-refractivity contribution in [3.8, 4) is 0 Å². The van der Waals surface area contributed by atoms with E-state index >= 15 is 0 Å². The van der Waals surface area contributed by atoms with Gasteiger partial charge in [0, 0.05) is 27.3 Å². The molecule has 18 heavy (non-hydrogen) atoms. The summed E-state index contributed by atoms with van der Waals surface area (Å²) in [5.41, 5.74) is 7.38. The fourth-order valence-electron chi connectivity index (χ4n) is 1.78. The second kappa shape index (κ2) is 7.00. The van der Waals surface area contributed by atoms with Gasteiger partial charge in [-0.2, -0.15) is 5.10 Å². The molecule has 1 heterocycles. The number of carbonyl (C=O) groups is 1. The van der Waals surface area contributed by atoms with Crippen LogP contribution in [0.15, 0.2) is 0 Å². The topological polar surface area (TPSA) is 82.2 Å². The highest BCUT2D eigenvalue weighted by Crippen LogP contribution is 2.14. The first-order valence-electron chi connectivity index (χ1n) is 6.14. The summed E-state index contributed by atoms with van der Waals surface area (Å²) in [7, 11) is 3.41. The molecule has 1 rings (SSSR count). The van der Waals surface area contributed by atoms with Gasteiger partial charge in [0.05, 0.1) is 11.4 Å². The number of methoxy groups -OCH3 is 1. The molecule has 0 aromatic carbocycles. The molecule has 1 aromatic heterocycles. The van der Waals surface area contributed by atoms with Gasteiger partial charge in [-0.1, -0.05) is 0 Å². The number of nitrogens with two attached hydrogens (primary N) is 1. The fourth-order valence-corrected chi connectivity index (χ4v) is 1.78. The number of amides is 1. The Labute approximate surface area is 107 Å². The number of aromatic nitrogens is 2. The molecule has 3 N–H and O–H groups in total. The molecule has 1 aromatic rings. The van der Waals surface area contributed by atoms with Gasteiger partial charge in [0.1, 0.15) is 5.69 Å². The molecule has 0 spiro atoms. The van der Waals surface area contributed by atoms with Crippen molar-refractivity contribution in [2.45, 2.75) is 26.2 Å². The van der Waals surface area contributed by atoms with Gasteiger partial charge in [-0.3, -0.25) is 9.48 Å². The summed E-state index contributed by atoms with van der Waals surface area (Å²) in [6.45, 7) is 3.20. The van der Waals surface area contributed by atoms with Crippen LogP contribution in [-0.2, 0) is 11.8 Å². The third-order valence-corrected chi connectivity index (χ3v) is 2.79. The molecule has 0 radical (unpaired) electrons. The van der Waals surface area contributed by atoms with Gasteiger partial charge < -0.3 is 15.8 Å². The number of carbonyl (C=O) groups excluding carboxylic acids is 1. The number of unbranched alkanes of at least 4 members (excludes halogenated alkanes) is 2. The van der Waals surface area contributed by atoms with Gasteiger partial charge in [0.15, 0.2) is 0 Å². The number of rotatable bonds is 7. The van der Waals surface area contributed by atoms with Crippen molar-refractivity contribution in [3.63, 3.8) is 0 Å². The van der Waals surface area contributed by atoms with E-state index in [1.807, 2.05) is 0 Å². The number of hydrogen-bond donors (Lipinski definition) is 2. The van der Waals surface area contributed by atoms with Crippen LogP contribution in [0.2, 0.25) is 0 Å². The van der Waals surface area contributed by atoms with Gasteiger partial charge >= 0.3 is 0 Å². The van der Waals surface area contributed by atoms with Crippen LogP contribution in [0.5, 0.6) is 0 Å². The Bertz CT molecular complexity index is 401. The molecule has 6 nitrogen and oxygen atoms in total. The van der Waals surface area contributed by atoms with E-state index in [2.05, 4.69) is 10.4 Å². The van der Waals surface area contributed by atoms with Crippen molar-refractivity contribution in [2.75, 3.05) is 26.0 Å². The first-order valence-corrected chi connectivity index (χ1v) is 6.14. The number of nitrogens with zero attached hydrogens (tertiary/aromatic N) is 2. The maximum atomic E-state index is 11.9. The zero-order valence-corrected chi connectivity index (χ0v) is 11.3. The second-order valence-corrected chi connectivity index (χ2v) is 4.28. The number of aryl methyl sites for hydroxylation is 2. The van der Waals surface area contributed by atoms with Gasteiger partial charge in [0.2, 0.25) is 0 Å². The van der Waals surface area contributed by atoms with Crippen molar-refractivity contribution < 1.29 is 9.53 Å². The second-order valence-electron chi connectivity index (χ2n) is 4.28. The van der Waals surface area contributed by atoms with E-state index in [1.165, 1.54) is 4.68 Å². The zero-order chi connectivity index (χ0) is 13.5. The molecule has 0 atom stereocenters. The summed E-state index contributed by atoms with van der Waals surface area (Å²) in [6, 6.07) is 0. The molecule has 0 saturated heterocycles. The number of hydrogen-bond acceptors (Lipinski definition) is 4. The van der Waals surface area contributed by atoms with Crippen LogP contribution in [-0.4, -0.2) is 35.9 Å². The minimum Gasteiger partial charge on any atom is -0.395 e. The number of ether oxygens (including phenoxy) is 1. The van der Waals surface area contributed by atoms with Crippen LogP contribution in [0.3, 0.4) is 0 Å². The lowest BCUT2D eigenvalue weighted by Crippen LogP contribution is -2.27. The van der Waals surface area contributed by atoms with Crippen LogP contribution in [0, 0.1) is 6.92 Å². The first kappa shape index (κ1) is 14.5. The normalized spacial score (nSPS) is 10.6. The van der Waals surface area contributed by atoms with Gasteiger partial charge in [0.25, 0.3) is 5.91 Å². The number of nitrogen functional groups attached to an aromatic ring is 1. The fraction of sp³-hybridized carbons (Fsp3) is 0.667. The predicted octanol–water partition coefficient (Wildman–Crippen LogP) is 0.857. The molecule has 0 aliphatic rings. The van der Waals surface area contributed by atoms with Crippen molar-refractivity contribution in [1.29, 1.82) is 0 Å². The minimum absolute atomic E-state index is 0.164. The van der Waals surface area contributed by atoms with Crippen molar-refractivity contribution >= 4 is 11.6 Å². The predicted molar refractivity (Wildman–Crippen MR) is 70.4 cm³/mol. The highest BCUT2D eigenvalue weighted by molar-refractivity contribution is 5.97. The number of nitrogens with one attached hydrogen (secondary N) is 1. The number of anilines is 1. The van der Waals surface area contributed by atoms with E-state index in [9.17, 15) is 4.79 Å². The van der Waals surface area contributed by atoms with Gasteiger partial charge in [-0.25, -0.2) is 0 Å². The van der Waals surface area contributed by atoms with E-state index in [-0.39, 0.29) is 5.91 Å². The smallest absolute Gasteiger partial charge is 0.271 e. The quantitative estimate of drug-likeness (QED) is 0.707. The summed E-state index contributed by atoms with van der Waals surface area (Å²) >= 11 is 0. The third kappa shape index (κ3) is 3.73. The molecule has 0 fully saturated rings. The molecule has 6 heteroatoms. The molecule has 0 aliphatic carbocycles. The lowest BCUT2D eigenvalue weighted by atomic mass is 10.2. The van der Waals surface area contributed by atoms with E-state index in [0.717, 1.165) is 25.9 Å². The molecule has 0 saturated carbocycles. The average Bonchev–Trinajstić information content (AvgIpc) is 2.58. The largest absolute Gasteiger partial charge is 0.395 e. The monoisotopic (exact) mass is 254 g/mol. The van der Waals surface area contributed by atoms with Crippen LogP contribution >= 0.6 is 0 Å². The highest BCUT2D eigenvalue weighted by atomic mass is 16.5. The summed E-state index contributed by atoms with van der Waals surface area (Å²) in [6.07, 6.45) is 2.99. The molecule has 102 valence electrons. The van der Waals surface area contributed by atoms with Crippen molar-refractivity contribution in [3.05, 3.63) is 11.4 Å². The zero-order valence-electron chi connectivity index (χ0n) is 11.3. The van der Waals surface area contributed by atoms with E-state index in [1.54, 1.807) is 21.1 Å². The first-order chi connectivity index (χ1) is 8.57. The molecular formula is C12H22N4O2. The van der Waals surface area contributed by atoms with Gasteiger partial charge in [-0.15, -0.1) is 0 Å². The molecular weight excluding hydrogens is 232 g/mol. The van der Waals surface area contributed by atoms with Gasteiger partial charge in [-0.05, 0) is 26.2 Å². The summed E-state index contributed by atoms with van der Waals surface area (Å²) < 4.78 is 6.48. The van der Waals surface area contributed by atoms with E-state index < -0.39 is 0 Å². The SMILES string of the molecule is COCCCCCNC(=O)c1c(N)c(C)nn1C. The molecule has 0 aliphatic heterocycles. The Morgan fingerprint density at radius 1 is 1.44 bits per heavy atom. The lowest BCUT2D eigenvalue weighted by Gasteiger charge is -2.06. The average molecular weight is 254 g/mol. The minimum atomic E-state index is -0.164. The summed E-state index contributed by atoms with van der Waals surface area (Å²) in [4.78, 5) is 11.9. The molecule has 0 unspecified atom stereocenters. The van der Waals surface area contributed by atoms with Crippen LogP contribution < -0.4 is 11.1 Å². The Balaban J connectivity index is 2.37. The summed E-state index contributed by atoms with van der Waals surface area (Å²) in [5, 5.41) is 6.97. The van der Waals surface area contributed by atoms with E-state index in [0.29, 0.717) is 23.6 Å². The van der Waals surface area contributed by atoms with Crippen molar-refractivity contribution in [1.82, 2.24) is 15.1 Å². The van der Waals surface area contributed by atoms with Crippen LogP contribution in [0.1, 0.15) is 35.4 Å². The highest BCUT2D eigenvalue weighted by Gasteiger charge is 2.16. The molecule has 0 bridgehead atoms. The summed E-state index contributed by atoms with van der Waals surface area (Å²) in [5.74, 6) is -0.164. The van der Waals surface area contributed by atoms with Crippen LogP contribution in [0.25, 0.3) is 0 Å². The molecule has 1 amide bonds. The Hall–Kier alpha value is -1.56. The van der Waals surface area contributed by atoms with Crippen molar-refractivity contribution in [2.24, 2.45) is 7.05 Å². The lowest BCUT2D eigenvalue weighted by molar-refractivity contribution is 0.0944. The Morgan fingerprint density at radius 2 is 2.17 bits per heavy atom. The Morgan fingerprint density at radius 3 is 2.72 bits per heavy atom. The maximum Gasteiger partial charge on any atom is 0.271 e. The Kier molecular flexibility index (Phi) is 5.64. The third-order valence-electron chi connectivity index (χ3n) is 2.79.